The number of aryl methyl sites for hydroxylation is 3. The molecule has 0 unspecified atom stereocenters. The van der Waals surface area contributed by atoms with Gasteiger partial charge in [0.25, 0.3) is 10.0 Å². The average molecular weight is 556 g/mol. The summed E-state index contributed by atoms with van der Waals surface area (Å²) < 4.78 is 28.8. The first-order valence-electron chi connectivity index (χ1n) is 12.4. The van der Waals surface area contributed by atoms with E-state index in [0.717, 1.165) is 26.6 Å². The molecule has 0 bridgehead atoms. The molecule has 0 saturated heterocycles. The zero-order valence-electron chi connectivity index (χ0n) is 22.4. The van der Waals surface area contributed by atoms with E-state index in [9.17, 15) is 18.0 Å². The fourth-order valence-corrected chi connectivity index (χ4v) is 5.66. The van der Waals surface area contributed by atoms with Crippen molar-refractivity contribution >= 4 is 39.1 Å². The minimum absolute atomic E-state index is 0.0519. The molecule has 2 amide bonds. The van der Waals surface area contributed by atoms with Gasteiger partial charge in [-0.05, 0) is 62.6 Å². The van der Waals surface area contributed by atoms with E-state index in [1.807, 2.05) is 52.0 Å². The fraction of sp³-hybridized carbons (Fsp3) is 0.310. The monoisotopic (exact) mass is 555 g/mol. The van der Waals surface area contributed by atoms with Crippen LogP contribution in [0, 0.1) is 20.8 Å². The molecule has 0 saturated carbocycles. The Balaban J connectivity index is 2.08. The standard InChI is InChI=1S/C29H34ClN3O4S/c1-6-27(29(35)31-5)32(18-23-12-7-20(2)8-13-23)28(34)19-33(24-14-11-22(4)26(30)17-24)38(36,37)25-15-9-21(3)10-16-25/h7-17,27H,6,18-19H2,1-5H3,(H,31,35)/t27-/m0/s1. The van der Waals surface area contributed by atoms with E-state index in [2.05, 4.69) is 5.32 Å². The largest absolute Gasteiger partial charge is 0.357 e. The molecule has 7 nitrogen and oxygen atoms in total. The second-order valence-corrected chi connectivity index (χ2v) is 11.6. The lowest BCUT2D eigenvalue weighted by Crippen LogP contribution is -2.51. The van der Waals surface area contributed by atoms with Gasteiger partial charge < -0.3 is 10.2 Å². The van der Waals surface area contributed by atoms with E-state index in [4.69, 9.17) is 11.6 Å². The molecule has 0 fully saturated rings. The first kappa shape index (κ1) is 29.2. The summed E-state index contributed by atoms with van der Waals surface area (Å²) in [6.45, 7) is 7.11. The van der Waals surface area contributed by atoms with Gasteiger partial charge in [-0.2, -0.15) is 0 Å². The second kappa shape index (κ2) is 12.5. The zero-order valence-corrected chi connectivity index (χ0v) is 23.9. The zero-order chi connectivity index (χ0) is 28.0. The van der Waals surface area contributed by atoms with Gasteiger partial charge in [0.15, 0.2) is 0 Å². The summed E-state index contributed by atoms with van der Waals surface area (Å²) in [6.07, 6.45) is 0.359. The molecule has 0 aromatic heterocycles. The number of amides is 2. The number of nitrogens with zero attached hydrogens (tertiary/aromatic N) is 2. The van der Waals surface area contributed by atoms with Crippen LogP contribution in [0.15, 0.2) is 71.6 Å². The molecule has 202 valence electrons. The van der Waals surface area contributed by atoms with Crippen LogP contribution >= 0.6 is 11.6 Å². The van der Waals surface area contributed by atoms with Crippen LogP contribution in [0.25, 0.3) is 0 Å². The third-order valence-electron chi connectivity index (χ3n) is 6.44. The van der Waals surface area contributed by atoms with E-state index >= 15 is 0 Å². The summed E-state index contributed by atoms with van der Waals surface area (Å²) in [5.74, 6) is -0.826. The van der Waals surface area contributed by atoms with Gasteiger partial charge in [0.1, 0.15) is 12.6 Å². The maximum Gasteiger partial charge on any atom is 0.264 e. The minimum Gasteiger partial charge on any atom is -0.357 e. The number of hydrogen-bond acceptors (Lipinski definition) is 4. The summed E-state index contributed by atoms with van der Waals surface area (Å²) in [7, 11) is -2.62. The number of anilines is 1. The molecule has 0 aliphatic rings. The molecule has 0 aliphatic heterocycles. The summed E-state index contributed by atoms with van der Waals surface area (Å²) in [6, 6.07) is 18.2. The molecule has 1 N–H and O–H groups in total. The maximum absolute atomic E-state index is 13.9. The van der Waals surface area contributed by atoms with Crippen molar-refractivity contribution < 1.29 is 18.0 Å². The minimum atomic E-state index is -4.14. The summed E-state index contributed by atoms with van der Waals surface area (Å²) in [5.41, 5.74) is 3.85. The Bertz CT molecular complexity index is 1390. The highest BCUT2D eigenvalue weighted by Crippen LogP contribution is 2.29. The molecule has 1 atom stereocenters. The van der Waals surface area contributed by atoms with E-state index in [1.54, 1.807) is 24.3 Å². The number of sulfonamides is 1. The summed E-state index contributed by atoms with van der Waals surface area (Å²) in [5, 5.41) is 3.01. The molecule has 3 rings (SSSR count). The Hall–Kier alpha value is -3.36. The van der Waals surface area contributed by atoms with Crippen molar-refractivity contribution in [3.63, 3.8) is 0 Å². The van der Waals surface area contributed by atoms with Gasteiger partial charge in [0.05, 0.1) is 10.6 Å². The first-order chi connectivity index (χ1) is 18.0. The van der Waals surface area contributed by atoms with Crippen LogP contribution in [0.4, 0.5) is 5.69 Å². The topological polar surface area (TPSA) is 86.8 Å². The SMILES string of the molecule is CC[C@@H](C(=O)NC)N(Cc1ccc(C)cc1)C(=O)CN(c1ccc(C)c(Cl)c1)S(=O)(=O)c1ccc(C)cc1. The number of benzene rings is 3. The highest BCUT2D eigenvalue weighted by Gasteiger charge is 2.33. The highest BCUT2D eigenvalue weighted by atomic mass is 35.5. The molecule has 38 heavy (non-hydrogen) atoms. The molecule has 9 heteroatoms. The Kier molecular flexibility index (Phi) is 9.57. The summed E-state index contributed by atoms with van der Waals surface area (Å²) in [4.78, 5) is 28.2. The van der Waals surface area contributed by atoms with E-state index in [1.165, 1.54) is 30.1 Å². The molecule has 0 spiro atoms. The van der Waals surface area contributed by atoms with E-state index < -0.39 is 28.5 Å². The van der Waals surface area contributed by atoms with Crippen LogP contribution in [0.3, 0.4) is 0 Å². The number of rotatable bonds is 10. The third kappa shape index (κ3) is 6.74. The molecule has 0 heterocycles. The predicted molar refractivity (Wildman–Crippen MR) is 152 cm³/mol. The number of hydrogen-bond donors (Lipinski definition) is 1. The molecule has 3 aromatic rings. The van der Waals surface area contributed by atoms with Gasteiger partial charge in [-0.15, -0.1) is 0 Å². The Morgan fingerprint density at radius 1 is 0.921 bits per heavy atom. The van der Waals surface area contributed by atoms with E-state index in [0.29, 0.717) is 11.4 Å². The normalized spacial score (nSPS) is 12.1. The van der Waals surface area contributed by atoms with Crippen LogP contribution < -0.4 is 9.62 Å². The van der Waals surface area contributed by atoms with Crippen molar-refractivity contribution in [1.82, 2.24) is 10.2 Å². The molecule has 0 radical (unpaired) electrons. The van der Waals surface area contributed by atoms with Crippen LogP contribution in [0.1, 0.15) is 35.6 Å². The van der Waals surface area contributed by atoms with Gasteiger partial charge in [-0.3, -0.25) is 13.9 Å². The van der Waals surface area contributed by atoms with Gasteiger partial charge >= 0.3 is 0 Å². The lowest BCUT2D eigenvalue weighted by Gasteiger charge is -2.33. The Morgan fingerprint density at radius 2 is 1.50 bits per heavy atom. The van der Waals surface area contributed by atoms with Gasteiger partial charge in [-0.1, -0.05) is 72.1 Å². The fourth-order valence-electron chi connectivity index (χ4n) is 4.08. The lowest BCUT2D eigenvalue weighted by atomic mass is 10.1. The molecule has 0 aliphatic carbocycles. The number of carbonyl (C=O) groups is 2. The van der Waals surface area contributed by atoms with Gasteiger partial charge in [0.2, 0.25) is 11.8 Å². The van der Waals surface area contributed by atoms with E-state index in [-0.39, 0.29) is 23.0 Å². The Morgan fingerprint density at radius 3 is 2.03 bits per heavy atom. The van der Waals surface area contributed by atoms with Gasteiger partial charge in [0, 0.05) is 18.6 Å². The maximum atomic E-state index is 13.9. The predicted octanol–water partition coefficient (Wildman–Crippen LogP) is 5.01. The quantitative estimate of drug-likeness (QED) is 0.381. The van der Waals surface area contributed by atoms with Crippen LogP contribution in [0.5, 0.6) is 0 Å². The van der Waals surface area contributed by atoms with Crippen molar-refractivity contribution in [2.45, 2.75) is 51.6 Å². The van der Waals surface area contributed by atoms with Crippen molar-refractivity contribution in [3.8, 4) is 0 Å². The molecular formula is C29H34ClN3O4S. The third-order valence-corrected chi connectivity index (χ3v) is 8.63. The Labute approximate surface area is 230 Å². The van der Waals surface area contributed by atoms with Crippen LogP contribution in [0.2, 0.25) is 5.02 Å². The molecular weight excluding hydrogens is 522 g/mol. The van der Waals surface area contributed by atoms with Crippen molar-refractivity contribution in [2.24, 2.45) is 0 Å². The van der Waals surface area contributed by atoms with Crippen LogP contribution in [-0.4, -0.2) is 44.8 Å². The first-order valence-corrected chi connectivity index (χ1v) is 14.2. The second-order valence-electron chi connectivity index (χ2n) is 9.30. The number of likely N-dealkylation sites (N-methyl/N-ethyl adjacent to an activating group) is 1. The highest BCUT2D eigenvalue weighted by molar-refractivity contribution is 7.92. The van der Waals surface area contributed by atoms with Crippen molar-refractivity contribution in [3.05, 3.63) is 94.0 Å². The van der Waals surface area contributed by atoms with Crippen molar-refractivity contribution in [1.29, 1.82) is 0 Å². The number of halogens is 1. The van der Waals surface area contributed by atoms with Crippen LogP contribution in [-0.2, 0) is 26.2 Å². The number of nitrogens with one attached hydrogen (secondary N) is 1. The number of carbonyl (C=O) groups excluding carboxylic acids is 2. The lowest BCUT2D eigenvalue weighted by molar-refractivity contribution is -0.140. The van der Waals surface area contributed by atoms with Gasteiger partial charge in [-0.25, -0.2) is 8.42 Å². The smallest absolute Gasteiger partial charge is 0.264 e. The average Bonchev–Trinajstić information content (AvgIpc) is 2.89. The molecule has 3 aromatic carbocycles. The summed E-state index contributed by atoms with van der Waals surface area (Å²) >= 11 is 6.36. The van der Waals surface area contributed by atoms with Crippen molar-refractivity contribution in [2.75, 3.05) is 17.9 Å².